The number of ketones is 1. The number of rotatable bonds is 8. The number of carbonyl (C=O) groups excluding carboxylic acids is 2. The maximum absolute atomic E-state index is 13.6. The molecule has 1 unspecified atom stereocenters. The summed E-state index contributed by atoms with van der Waals surface area (Å²) in [6, 6.07) is 21.6. The lowest BCUT2D eigenvalue weighted by Crippen LogP contribution is -2.29. The van der Waals surface area contributed by atoms with Crippen LogP contribution in [0, 0.1) is 6.92 Å². The number of aliphatic hydroxyl groups is 1. The maximum Gasteiger partial charge on any atom is 0.301 e. The fourth-order valence-corrected chi connectivity index (χ4v) is 6.69. The molecular weight excluding hydrogens is 558 g/mol. The van der Waals surface area contributed by atoms with E-state index in [1.54, 1.807) is 41.8 Å². The fraction of sp³-hybridized carbons (Fsp3) is 0.167. The zero-order chi connectivity index (χ0) is 28.5. The first-order valence-electron chi connectivity index (χ1n) is 12.9. The van der Waals surface area contributed by atoms with Crippen molar-refractivity contribution in [2.75, 3.05) is 11.5 Å². The zero-order valence-electron chi connectivity index (χ0n) is 22.2. The van der Waals surface area contributed by atoms with Crippen molar-refractivity contribution < 1.29 is 19.4 Å². The largest absolute Gasteiger partial charge is 0.505 e. The van der Waals surface area contributed by atoms with E-state index in [0.717, 1.165) is 5.56 Å². The van der Waals surface area contributed by atoms with Crippen molar-refractivity contribution in [3.63, 3.8) is 0 Å². The van der Waals surface area contributed by atoms with E-state index >= 15 is 0 Å². The lowest BCUT2D eigenvalue weighted by molar-refractivity contribution is -0.132. The number of aliphatic hydroxyl groups excluding tert-OH is 1. The fourth-order valence-electron chi connectivity index (χ4n) is 4.86. The molecule has 6 rings (SSSR count). The summed E-state index contributed by atoms with van der Waals surface area (Å²) < 4.78 is 7.96. The number of aryl methyl sites for hydroxylation is 1. The maximum atomic E-state index is 13.6. The Labute approximate surface area is 244 Å². The zero-order valence-corrected chi connectivity index (χ0v) is 23.9. The molecule has 1 saturated heterocycles. The number of anilines is 1. The van der Waals surface area contributed by atoms with Crippen molar-refractivity contribution in [1.29, 1.82) is 0 Å². The number of thioether (sulfide) groups is 1. The number of ether oxygens (including phenoxy) is 1. The molecule has 1 N–H and O–H groups in total. The molecular formula is C30H25N5O4S2. The average Bonchev–Trinajstić information content (AvgIpc) is 3.66. The van der Waals surface area contributed by atoms with Gasteiger partial charge in [-0.1, -0.05) is 71.6 Å². The van der Waals surface area contributed by atoms with Gasteiger partial charge >= 0.3 is 5.91 Å². The van der Waals surface area contributed by atoms with Crippen LogP contribution in [0.3, 0.4) is 0 Å². The van der Waals surface area contributed by atoms with E-state index in [2.05, 4.69) is 15.2 Å². The molecule has 4 heterocycles. The van der Waals surface area contributed by atoms with Crippen molar-refractivity contribution in [2.45, 2.75) is 30.0 Å². The van der Waals surface area contributed by atoms with Crippen LogP contribution in [-0.2, 0) is 15.3 Å². The summed E-state index contributed by atoms with van der Waals surface area (Å²) in [4.78, 5) is 33.1. The Morgan fingerprint density at radius 2 is 1.78 bits per heavy atom. The minimum absolute atomic E-state index is 0.0402. The number of benzene rings is 2. The van der Waals surface area contributed by atoms with Gasteiger partial charge in [0.2, 0.25) is 5.13 Å². The molecule has 5 aromatic rings. The molecule has 1 fully saturated rings. The molecule has 0 bridgehead atoms. The number of pyridine rings is 1. The van der Waals surface area contributed by atoms with E-state index in [9.17, 15) is 14.7 Å². The van der Waals surface area contributed by atoms with Crippen molar-refractivity contribution >= 4 is 51.3 Å². The molecule has 1 aliphatic rings. The van der Waals surface area contributed by atoms with E-state index in [4.69, 9.17) is 4.74 Å². The van der Waals surface area contributed by atoms with Gasteiger partial charge in [0.1, 0.15) is 17.1 Å². The summed E-state index contributed by atoms with van der Waals surface area (Å²) in [7, 11) is 0. The van der Waals surface area contributed by atoms with Crippen LogP contribution in [0.25, 0.3) is 11.4 Å². The predicted octanol–water partition coefficient (Wildman–Crippen LogP) is 5.81. The van der Waals surface area contributed by atoms with Gasteiger partial charge in [0, 0.05) is 11.9 Å². The van der Waals surface area contributed by atoms with Crippen molar-refractivity contribution in [3.05, 3.63) is 107 Å². The highest BCUT2D eigenvalue weighted by Gasteiger charge is 2.48. The van der Waals surface area contributed by atoms with E-state index in [1.165, 1.54) is 28.0 Å². The van der Waals surface area contributed by atoms with Crippen LogP contribution < -0.4 is 9.64 Å². The second kappa shape index (κ2) is 11.2. The molecule has 0 aliphatic carbocycles. The molecule has 2 aromatic carbocycles. The highest BCUT2D eigenvalue weighted by molar-refractivity contribution is 8.00. The van der Waals surface area contributed by atoms with Crippen LogP contribution in [-0.4, -0.2) is 43.0 Å². The van der Waals surface area contributed by atoms with E-state index in [0.29, 0.717) is 45.0 Å². The quantitative estimate of drug-likeness (QED) is 0.0801. The van der Waals surface area contributed by atoms with Gasteiger partial charge in [-0.05, 0) is 49.2 Å². The Kier molecular flexibility index (Phi) is 7.29. The second-order valence-corrected chi connectivity index (χ2v) is 11.4. The molecule has 0 radical (unpaired) electrons. The topological polar surface area (TPSA) is 110 Å². The molecule has 0 spiro atoms. The molecule has 11 heteroatoms. The highest BCUT2D eigenvalue weighted by atomic mass is 32.2. The molecule has 1 amide bonds. The third-order valence-corrected chi connectivity index (χ3v) is 8.81. The third kappa shape index (κ3) is 4.98. The number of Topliss-reactive ketones (excluding diaryl/α,β-unsaturated/α-hetero) is 1. The van der Waals surface area contributed by atoms with Gasteiger partial charge in [-0.2, -0.15) is 0 Å². The monoisotopic (exact) mass is 583 g/mol. The highest BCUT2D eigenvalue weighted by Crippen LogP contribution is 2.44. The number of fused-ring (bicyclic) bond motifs is 1. The summed E-state index contributed by atoms with van der Waals surface area (Å²) in [5.41, 5.74) is 3.21. The van der Waals surface area contributed by atoms with Crippen molar-refractivity contribution in [3.8, 4) is 5.75 Å². The molecule has 0 saturated carbocycles. The molecule has 206 valence electrons. The van der Waals surface area contributed by atoms with Gasteiger partial charge in [0.15, 0.2) is 10.1 Å². The third-order valence-electron chi connectivity index (χ3n) is 6.69. The number of carbonyl (C=O) groups is 2. The van der Waals surface area contributed by atoms with Crippen LogP contribution in [0.4, 0.5) is 5.13 Å². The number of hydrogen-bond acceptors (Lipinski definition) is 9. The normalized spacial score (nSPS) is 16.5. The predicted molar refractivity (Wildman–Crippen MR) is 158 cm³/mol. The standard InChI is InChI=1S/C30H25N5O4S2/c1-3-39-21-14-12-20(13-15-21)25-23(26(36)24-18(2)31-22-11-7-8-16-34(22)24)27(37)28(38)35(25)29-32-33-30(41-29)40-17-19-9-5-4-6-10-19/h4-16,25,36H,3,17H2,1-2H3/b26-23+. The number of amides is 1. The van der Waals surface area contributed by atoms with Gasteiger partial charge in [-0.3, -0.25) is 18.9 Å². The summed E-state index contributed by atoms with van der Waals surface area (Å²) in [5, 5.41) is 20.5. The van der Waals surface area contributed by atoms with Gasteiger partial charge < -0.3 is 9.84 Å². The molecule has 41 heavy (non-hydrogen) atoms. The summed E-state index contributed by atoms with van der Waals surface area (Å²) >= 11 is 2.73. The summed E-state index contributed by atoms with van der Waals surface area (Å²) in [6.07, 6.45) is 1.76. The van der Waals surface area contributed by atoms with Crippen LogP contribution in [0.2, 0.25) is 0 Å². The van der Waals surface area contributed by atoms with E-state index in [1.807, 2.05) is 55.5 Å². The molecule has 3 aromatic heterocycles. The first kappa shape index (κ1) is 26.7. The van der Waals surface area contributed by atoms with E-state index < -0.39 is 17.7 Å². The lowest BCUT2D eigenvalue weighted by Gasteiger charge is -2.22. The number of hydrogen-bond donors (Lipinski definition) is 1. The summed E-state index contributed by atoms with van der Waals surface area (Å²) in [5.74, 6) is -0.553. The van der Waals surface area contributed by atoms with Crippen LogP contribution in [0.15, 0.2) is 88.9 Å². The van der Waals surface area contributed by atoms with Crippen molar-refractivity contribution in [1.82, 2.24) is 19.6 Å². The Morgan fingerprint density at radius 3 is 2.54 bits per heavy atom. The molecule has 9 nitrogen and oxygen atoms in total. The second-order valence-electron chi connectivity index (χ2n) is 9.27. The average molecular weight is 584 g/mol. The smallest absolute Gasteiger partial charge is 0.301 e. The SMILES string of the molecule is CCOc1ccc(C2/C(=C(\O)c3c(C)nc4ccccn34)C(=O)C(=O)N2c2nnc(SCc3ccccc3)s2)cc1. The van der Waals surface area contributed by atoms with Crippen LogP contribution in [0.5, 0.6) is 5.75 Å². The number of nitrogens with zero attached hydrogens (tertiary/aromatic N) is 5. The Hall–Kier alpha value is -4.48. The first-order chi connectivity index (χ1) is 20.0. The first-order valence-corrected chi connectivity index (χ1v) is 14.7. The minimum atomic E-state index is -0.931. The summed E-state index contributed by atoms with van der Waals surface area (Å²) in [6.45, 7) is 4.15. The lowest BCUT2D eigenvalue weighted by atomic mass is 9.96. The van der Waals surface area contributed by atoms with Gasteiger partial charge in [0.05, 0.1) is 23.9 Å². The number of aromatic nitrogens is 4. The van der Waals surface area contributed by atoms with Gasteiger partial charge in [-0.25, -0.2) is 4.98 Å². The van der Waals surface area contributed by atoms with Gasteiger partial charge in [0.25, 0.3) is 5.78 Å². The Bertz CT molecular complexity index is 1780. The minimum Gasteiger partial charge on any atom is -0.505 e. The van der Waals surface area contributed by atoms with Crippen molar-refractivity contribution in [2.24, 2.45) is 0 Å². The molecule has 1 aliphatic heterocycles. The van der Waals surface area contributed by atoms with E-state index in [-0.39, 0.29) is 16.5 Å². The Morgan fingerprint density at radius 1 is 1.02 bits per heavy atom. The van der Waals surface area contributed by atoms with Crippen LogP contribution >= 0.6 is 23.1 Å². The molecule has 1 atom stereocenters. The van der Waals surface area contributed by atoms with Crippen LogP contribution in [0.1, 0.15) is 35.5 Å². The Balaban J connectivity index is 1.44. The van der Waals surface area contributed by atoms with Gasteiger partial charge in [-0.15, -0.1) is 10.2 Å². The number of imidazole rings is 1.